The molecule has 0 spiro atoms. The third-order valence-corrected chi connectivity index (χ3v) is 7.00. The highest BCUT2D eigenvalue weighted by molar-refractivity contribution is 5.78. The number of aromatic nitrogens is 4. The van der Waals surface area contributed by atoms with Crippen molar-refractivity contribution in [1.29, 1.82) is 0 Å². The lowest BCUT2D eigenvalue weighted by atomic mass is 10.1. The van der Waals surface area contributed by atoms with Crippen LogP contribution in [0.15, 0.2) is 73.1 Å². The average molecular weight is 623 g/mol. The number of imidazole rings is 1. The Bertz CT molecular complexity index is 1800. The molecule has 3 aromatic heterocycles. The minimum atomic E-state index is -5.08. The van der Waals surface area contributed by atoms with Crippen LogP contribution < -0.4 is 10.2 Å². The number of fused-ring (bicyclic) bond motifs is 2. The predicted molar refractivity (Wildman–Crippen MR) is 160 cm³/mol. The number of para-hydroxylation sites is 1. The zero-order valence-electron chi connectivity index (χ0n) is 23.9. The molecule has 1 fully saturated rings. The Morgan fingerprint density at radius 3 is 2.29 bits per heavy atom. The van der Waals surface area contributed by atoms with E-state index >= 15 is 0 Å². The Hall–Kier alpha value is -5.24. The van der Waals surface area contributed by atoms with Crippen molar-refractivity contribution in [1.82, 2.24) is 19.4 Å². The number of nitrogens with one attached hydrogen (secondary N) is 1. The smallest absolute Gasteiger partial charge is 0.480 e. The summed E-state index contributed by atoms with van der Waals surface area (Å²) in [6.07, 6.45) is 0.434. The van der Waals surface area contributed by atoms with E-state index in [0.717, 1.165) is 76.6 Å². The Morgan fingerprint density at radius 1 is 0.911 bits per heavy atom. The van der Waals surface area contributed by atoms with Crippen molar-refractivity contribution in [3.8, 4) is 11.3 Å². The highest BCUT2D eigenvalue weighted by Crippen LogP contribution is 2.28. The monoisotopic (exact) mass is 622 g/mol. The van der Waals surface area contributed by atoms with E-state index in [-0.39, 0.29) is 6.54 Å². The molecule has 0 atom stereocenters. The summed E-state index contributed by atoms with van der Waals surface area (Å²) in [6.45, 7) is 2.75. The molecular formula is C31H29F3N6O5. The molecule has 0 radical (unpaired) electrons. The van der Waals surface area contributed by atoms with Crippen LogP contribution in [0, 0.1) is 0 Å². The summed E-state index contributed by atoms with van der Waals surface area (Å²) >= 11 is 0. The number of carbonyl (C=O) groups is 2. The normalized spacial score (nSPS) is 13.4. The number of hydrogen-bond acceptors (Lipinski definition) is 8. The lowest BCUT2D eigenvalue weighted by molar-refractivity contribution is -0.192. The van der Waals surface area contributed by atoms with Crippen LogP contribution in [0.2, 0.25) is 0 Å². The van der Waals surface area contributed by atoms with Gasteiger partial charge in [-0.2, -0.15) is 13.2 Å². The third-order valence-electron chi connectivity index (χ3n) is 7.00. The van der Waals surface area contributed by atoms with E-state index in [1.54, 1.807) is 0 Å². The summed E-state index contributed by atoms with van der Waals surface area (Å²) < 4.78 is 39.4. The summed E-state index contributed by atoms with van der Waals surface area (Å²) in [6, 6.07) is 20.0. The van der Waals surface area contributed by atoms with Gasteiger partial charge < -0.3 is 25.2 Å². The first kappa shape index (κ1) is 31.2. The van der Waals surface area contributed by atoms with Crippen molar-refractivity contribution in [2.45, 2.75) is 19.0 Å². The minimum absolute atomic E-state index is 0.129. The molecule has 0 saturated carbocycles. The molecule has 11 nitrogen and oxygen atoms in total. The molecule has 3 N–H and O–H groups in total. The maximum atomic E-state index is 10.9. The molecule has 1 aliphatic heterocycles. The molecule has 5 aromatic rings. The van der Waals surface area contributed by atoms with Gasteiger partial charge in [0.2, 0.25) is 0 Å². The first-order valence-electron chi connectivity index (χ1n) is 14.0. The number of rotatable bonds is 8. The Kier molecular flexibility index (Phi) is 9.42. The zero-order chi connectivity index (χ0) is 32.0. The number of hydrogen-bond donors (Lipinski definition) is 3. The van der Waals surface area contributed by atoms with Gasteiger partial charge in [0.1, 0.15) is 6.54 Å². The Balaban J connectivity index is 0.000000515. The van der Waals surface area contributed by atoms with Gasteiger partial charge in [-0.25, -0.2) is 14.8 Å². The highest BCUT2D eigenvalue weighted by atomic mass is 19.4. The topological polar surface area (TPSA) is 142 Å². The summed E-state index contributed by atoms with van der Waals surface area (Å²) in [7, 11) is 0. The number of aliphatic carboxylic acids is 2. The van der Waals surface area contributed by atoms with E-state index in [2.05, 4.69) is 39.0 Å². The molecule has 4 heterocycles. The van der Waals surface area contributed by atoms with Crippen LogP contribution in [0.5, 0.6) is 0 Å². The SMILES string of the molecule is O=C(O)C(F)(F)F.O=C(O)CNc1ccc(-c2cnc(N3CCOCC3)c3nc(CCc4ccc5ccccc5n4)cn23)cc1. The molecule has 0 amide bonds. The lowest BCUT2D eigenvalue weighted by Gasteiger charge is -2.28. The van der Waals surface area contributed by atoms with Gasteiger partial charge in [0.25, 0.3) is 0 Å². The number of pyridine rings is 1. The molecule has 0 unspecified atom stereocenters. The predicted octanol–water partition coefficient (Wildman–Crippen LogP) is 4.70. The fraction of sp³-hybridized carbons (Fsp3) is 0.258. The van der Waals surface area contributed by atoms with E-state index in [9.17, 15) is 18.0 Å². The fourth-order valence-corrected chi connectivity index (χ4v) is 4.78. The van der Waals surface area contributed by atoms with Gasteiger partial charge in [0.15, 0.2) is 11.5 Å². The maximum absolute atomic E-state index is 10.9. The van der Waals surface area contributed by atoms with Gasteiger partial charge in [-0.3, -0.25) is 14.2 Å². The van der Waals surface area contributed by atoms with Gasteiger partial charge in [0, 0.05) is 41.6 Å². The van der Waals surface area contributed by atoms with E-state index in [1.165, 1.54) is 0 Å². The van der Waals surface area contributed by atoms with Crippen LogP contribution in [-0.2, 0) is 27.2 Å². The number of carboxylic acids is 2. The van der Waals surface area contributed by atoms with E-state index < -0.39 is 18.1 Å². The van der Waals surface area contributed by atoms with Gasteiger partial charge in [0.05, 0.1) is 36.3 Å². The van der Waals surface area contributed by atoms with Crippen molar-refractivity contribution in [2.24, 2.45) is 0 Å². The van der Waals surface area contributed by atoms with Gasteiger partial charge in [-0.15, -0.1) is 0 Å². The molecule has 0 bridgehead atoms. The number of ether oxygens (including phenoxy) is 1. The molecular weight excluding hydrogens is 593 g/mol. The van der Waals surface area contributed by atoms with Crippen LogP contribution in [0.25, 0.3) is 27.8 Å². The van der Waals surface area contributed by atoms with Crippen LogP contribution in [-0.4, -0.2) is 80.5 Å². The number of aryl methyl sites for hydroxylation is 2. The lowest BCUT2D eigenvalue weighted by Crippen LogP contribution is -2.37. The summed E-state index contributed by atoms with van der Waals surface area (Å²) in [5.41, 5.74) is 6.47. The number of carboxylic acid groups (broad SMARTS) is 2. The second-order valence-electron chi connectivity index (χ2n) is 10.1. The molecule has 45 heavy (non-hydrogen) atoms. The number of anilines is 2. The number of benzene rings is 2. The Labute approximate surface area is 254 Å². The number of nitrogens with zero attached hydrogens (tertiary/aromatic N) is 5. The summed E-state index contributed by atoms with van der Waals surface area (Å²) in [5.74, 6) is -2.80. The van der Waals surface area contributed by atoms with Crippen LogP contribution in [0.3, 0.4) is 0 Å². The van der Waals surface area contributed by atoms with Crippen molar-refractivity contribution >= 4 is 40.0 Å². The second-order valence-corrected chi connectivity index (χ2v) is 10.1. The fourth-order valence-electron chi connectivity index (χ4n) is 4.78. The second kappa shape index (κ2) is 13.6. The van der Waals surface area contributed by atoms with Crippen LogP contribution in [0.1, 0.15) is 11.4 Å². The largest absolute Gasteiger partial charge is 0.490 e. The van der Waals surface area contributed by atoms with Gasteiger partial charge in [-0.1, -0.05) is 36.4 Å². The van der Waals surface area contributed by atoms with Crippen molar-refractivity contribution in [3.05, 3.63) is 84.4 Å². The summed E-state index contributed by atoms with van der Waals surface area (Å²) in [5, 5.41) is 20.1. The number of alkyl halides is 3. The van der Waals surface area contributed by atoms with Gasteiger partial charge >= 0.3 is 18.1 Å². The third kappa shape index (κ3) is 7.84. The van der Waals surface area contributed by atoms with E-state index in [1.807, 2.05) is 48.7 Å². The van der Waals surface area contributed by atoms with E-state index in [0.29, 0.717) is 13.2 Å². The van der Waals surface area contributed by atoms with Crippen molar-refractivity contribution in [2.75, 3.05) is 43.1 Å². The van der Waals surface area contributed by atoms with Crippen molar-refractivity contribution < 1.29 is 37.7 Å². The molecule has 14 heteroatoms. The highest BCUT2D eigenvalue weighted by Gasteiger charge is 2.38. The average Bonchev–Trinajstić information content (AvgIpc) is 3.47. The number of halogens is 3. The molecule has 0 aliphatic carbocycles. The quantitative estimate of drug-likeness (QED) is 0.223. The van der Waals surface area contributed by atoms with Crippen LogP contribution >= 0.6 is 0 Å². The first-order valence-corrected chi connectivity index (χ1v) is 14.0. The summed E-state index contributed by atoms with van der Waals surface area (Å²) in [4.78, 5) is 36.7. The maximum Gasteiger partial charge on any atom is 0.490 e. The van der Waals surface area contributed by atoms with Crippen molar-refractivity contribution in [3.63, 3.8) is 0 Å². The van der Waals surface area contributed by atoms with Gasteiger partial charge in [-0.05, 0) is 37.1 Å². The molecule has 2 aromatic carbocycles. The Morgan fingerprint density at radius 2 is 1.60 bits per heavy atom. The molecule has 1 aliphatic rings. The molecule has 1 saturated heterocycles. The molecule has 6 rings (SSSR count). The minimum Gasteiger partial charge on any atom is -0.480 e. The van der Waals surface area contributed by atoms with E-state index in [4.69, 9.17) is 34.7 Å². The first-order chi connectivity index (χ1) is 21.6. The van der Waals surface area contributed by atoms with Crippen LogP contribution in [0.4, 0.5) is 24.7 Å². The zero-order valence-corrected chi connectivity index (χ0v) is 23.9. The number of morpholine rings is 1. The standard InChI is InChI=1S/C29H28N6O3.C2HF3O2/c36-27(37)18-30-22-8-6-21(7-9-22)26-17-31-28(34-13-15-38-16-14-34)29-33-24(19-35(26)29)12-11-23-10-5-20-3-1-2-4-25(20)32-23;3-2(4,5)1(6)7/h1-10,17,19,30H,11-16,18H2,(H,36,37);(H,6,7). The molecule has 234 valence electrons.